The largest absolute Gasteiger partial charge is 0.493 e. The molecule has 4 unspecified atom stereocenters. The monoisotopic (exact) mass is 664 g/mol. The minimum absolute atomic E-state index is 0.0224. The molecule has 0 saturated carbocycles. The highest BCUT2D eigenvalue weighted by molar-refractivity contribution is 5.74. The first-order valence-corrected chi connectivity index (χ1v) is 17.1. The van der Waals surface area contributed by atoms with E-state index in [1.165, 1.54) is 14.2 Å². The third-order valence-electron chi connectivity index (χ3n) is 8.14. The van der Waals surface area contributed by atoms with Crippen molar-refractivity contribution in [1.82, 2.24) is 0 Å². The molecule has 2 aromatic carbocycles. The van der Waals surface area contributed by atoms with Crippen molar-refractivity contribution in [3.63, 3.8) is 0 Å². The molecule has 0 fully saturated rings. The normalized spacial score (nSPS) is 13.9. The van der Waals surface area contributed by atoms with Crippen LogP contribution in [0.25, 0.3) is 11.1 Å². The summed E-state index contributed by atoms with van der Waals surface area (Å²) in [6.45, 7) is 9.65. The molecule has 0 amide bonds. The molecule has 4 atom stereocenters. The maximum Gasteiger partial charge on any atom is 0.221 e. The molecular formula is C37H60O10. The van der Waals surface area contributed by atoms with E-state index in [-0.39, 0.29) is 38.3 Å². The zero-order valence-electron chi connectivity index (χ0n) is 30.0. The summed E-state index contributed by atoms with van der Waals surface area (Å²) in [6.07, 6.45) is 6.63. The fourth-order valence-corrected chi connectivity index (χ4v) is 5.28. The van der Waals surface area contributed by atoms with Crippen LogP contribution in [-0.2, 0) is 20.8 Å². The molecule has 0 aromatic heterocycles. The van der Waals surface area contributed by atoms with Gasteiger partial charge in [0.25, 0.3) is 0 Å². The molecule has 0 bridgehead atoms. The van der Waals surface area contributed by atoms with E-state index in [0.29, 0.717) is 35.5 Å². The van der Waals surface area contributed by atoms with Gasteiger partial charge in [-0.25, -0.2) is 0 Å². The Labute approximate surface area is 282 Å². The van der Waals surface area contributed by atoms with E-state index in [1.807, 2.05) is 12.1 Å². The van der Waals surface area contributed by atoms with E-state index in [2.05, 4.69) is 27.7 Å². The van der Waals surface area contributed by atoms with Crippen molar-refractivity contribution in [3.05, 3.63) is 29.8 Å². The summed E-state index contributed by atoms with van der Waals surface area (Å²) in [6, 6.07) is 7.38. The van der Waals surface area contributed by atoms with Gasteiger partial charge in [0.15, 0.2) is 23.0 Å². The van der Waals surface area contributed by atoms with Crippen LogP contribution in [0, 0.1) is 5.92 Å². The fraction of sp³-hybridized carbons (Fsp3) is 0.676. The second-order valence-corrected chi connectivity index (χ2v) is 11.8. The van der Waals surface area contributed by atoms with Gasteiger partial charge in [0.05, 0.1) is 40.6 Å². The second kappa shape index (κ2) is 22.7. The molecule has 10 nitrogen and oxygen atoms in total. The van der Waals surface area contributed by atoms with Crippen LogP contribution < -0.4 is 23.7 Å². The van der Waals surface area contributed by atoms with Crippen LogP contribution in [-0.4, -0.2) is 83.6 Å². The smallest absolute Gasteiger partial charge is 0.221 e. The van der Waals surface area contributed by atoms with Gasteiger partial charge in [-0.3, -0.25) is 0 Å². The third-order valence-corrected chi connectivity index (χ3v) is 8.14. The van der Waals surface area contributed by atoms with Gasteiger partial charge in [-0.15, -0.1) is 0 Å². The SMILES string of the molecule is CCCCC(CC)COCC(O)Oc1c(OC)cc(-c2cc(COC)c(OCC(O)COC(CC)CCCC)c(OC)c2)cc1OC. The van der Waals surface area contributed by atoms with Crippen LogP contribution in [0.2, 0.25) is 0 Å². The average molecular weight is 665 g/mol. The fourth-order valence-electron chi connectivity index (χ4n) is 5.28. The lowest BCUT2D eigenvalue weighted by Gasteiger charge is -2.22. The maximum atomic E-state index is 10.7. The number of hydrogen-bond donors (Lipinski definition) is 2. The van der Waals surface area contributed by atoms with Crippen molar-refractivity contribution in [2.45, 2.75) is 104 Å². The van der Waals surface area contributed by atoms with Crippen LogP contribution >= 0.6 is 0 Å². The Morgan fingerprint density at radius 2 is 1.26 bits per heavy atom. The number of aliphatic hydroxyl groups is 2. The zero-order valence-corrected chi connectivity index (χ0v) is 30.0. The highest BCUT2D eigenvalue weighted by Crippen LogP contribution is 2.44. The van der Waals surface area contributed by atoms with Gasteiger partial charge < -0.3 is 48.1 Å². The number of rotatable bonds is 26. The lowest BCUT2D eigenvalue weighted by atomic mass is 10.0. The minimum Gasteiger partial charge on any atom is -0.493 e. The summed E-state index contributed by atoms with van der Waals surface area (Å²) >= 11 is 0. The van der Waals surface area contributed by atoms with Crippen molar-refractivity contribution in [3.8, 4) is 39.9 Å². The van der Waals surface area contributed by atoms with E-state index < -0.39 is 12.4 Å². The lowest BCUT2D eigenvalue weighted by molar-refractivity contribution is -0.0844. The average Bonchev–Trinajstić information content (AvgIpc) is 3.08. The van der Waals surface area contributed by atoms with Crippen molar-refractivity contribution >= 4 is 0 Å². The first kappa shape index (κ1) is 40.4. The molecule has 268 valence electrons. The quantitative estimate of drug-likeness (QED) is 0.100. The molecule has 0 spiro atoms. The van der Waals surface area contributed by atoms with E-state index in [1.54, 1.807) is 26.4 Å². The number of unbranched alkanes of at least 4 members (excludes halogenated alkanes) is 2. The van der Waals surface area contributed by atoms with Crippen LogP contribution in [0.5, 0.6) is 28.7 Å². The summed E-state index contributed by atoms with van der Waals surface area (Å²) in [5.74, 6) is 2.45. The van der Waals surface area contributed by atoms with Gasteiger partial charge in [0.1, 0.15) is 19.3 Å². The van der Waals surface area contributed by atoms with Crippen LogP contribution in [0.3, 0.4) is 0 Å². The van der Waals surface area contributed by atoms with Crippen LogP contribution in [0.1, 0.15) is 84.6 Å². The highest BCUT2D eigenvalue weighted by atomic mass is 16.6. The van der Waals surface area contributed by atoms with Crippen LogP contribution in [0.15, 0.2) is 24.3 Å². The standard InChI is InChI=1S/C37H60O10/c1-9-13-15-26(11-3)21-44-25-35(39)47-37-33(42-7)19-28(20-34(37)43-8)27-17-29(22-40-5)36(32(18-27)41-6)46-24-30(38)23-45-31(12-4)16-14-10-2/h17-20,26,30-31,35,38-39H,9-16,21-25H2,1-8H3. The highest BCUT2D eigenvalue weighted by Gasteiger charge is 2.22. The molecule has 2 aromatic rings. The van der Waals surface area contributed by atoms with Crippen molar-refractivity contribution < 1.29 is 48.1 Å². The van der Waals surface area contributed by atoms with Gasteiger partial charge in [0, 0.05) is 19.3 Å². The van der Waals surface area contributed by atoms with E-state index >= 15 is 0 Å². The predicted molar refractivity (Wildman–Crippen MR) is 184 cm³/mol. The summed E-state index contributed by atoms with van der Waals surface area (Å²) in [7, 11) is 6.23. The van der Waals surface area contributed by atoms with Gasteiger partial charge in [-0.2, -0.15) is 0 Å². The Balaban J connectivity index is 2.24. The van der Waals surface area contributed by atoms with Gasteiger partial charge >= 0.3 is 0 Å². The summed E-state index contributed by atoms with van der Waals surface area (Å²) in [4.78, 5) is 0. The Bertz CT molecular complexity index is 1120. The Hall–Kier alpha value is -2.76. The van der Waals surface area contributed by atoms with Gasteiger partial charge in [-0.1, -0.05) is 59.8 Å². The molecular weight excluding hydrogens is 604 g/mol. The Kier molecular flexibility index (Phi) is 19.6. The number of methoxy groups -OCH3 is 4. The number of ether oxygens (including phenoxy) is 8. The molecule has 0 aliphatic heterocycles. The second-order valence-electron chi connectivity index (χ2n) is 11.8. The topological polar surface area (TPSA) is 114 Å². The van der Waals surface area contributed by atoms with E-state index in [9.17, 15) is 10.2 Å². The van der Waals surface area contributed by atoms with Gasteiger partial charge in [0.2, 0.25) is 12.0 Å². The predicted octanol–water partition coefficient (Wildman–Crippen LogP) is 7.18. The molecule has 0 saturated heterocycles. The molecule has 0 aliphatic rings. The first-order chi connectivity index (χ1) is 22.8. The maximum absolute atomic E-state index is 10.7. The van der Waals surface area contributed by atoms with Crippen molar-refractivity contribution in [2.75, 3.05) is 54.9 Å². The lowest BCUT2D eigenvalue weighted by Crippen LogP contribution is -2.27. The first-order valence-electron chi connectivity index (χ1n) is 17.1. The third kappa shape index (κ3) is 13.3. The zero-order chi connectivity index (χ0) is 34.6. The van der Waals surface area contributed by atoms with Crippen molar-refractivity contribution in [2.24, 2.45) is 5.92 Å². The van der Waals surface area contributed by atoms with Crippen molar-refractivity contribution in [1.29, 1.82) is 0 Å². The van der Waals surface area contributed by atoms with Gasteiger partial charge in [-0.05, 0) is 60.6 Å². The Morgan fingerprint density at radius 3 is 1.81 bits per heavy atom. The van der Waals surface area contributed by atoms with E-state index in [4.69, 9.17) is 37.9 Å². The molecule has 10 heteroatoms. The number of aliphatic hydroxyl groups excluding tert-OH is 2. The summed E-state index contributed by atoms with van der Waals surface area (Å²) in [5.41, 5.74) is 2.28. The molecule has 0 aliphatic carbocycles. The molecule has 0 radical (unpaired) electrons. The number of benzene rings is 2. The Morgan fingerprint density at radius 1 is 0.660 bits per heavy atom. The van der Waals surface area contributed by atoms with Crippen LogP contribution in [0.4, 0.5) is 0 Å². The molecule has 2 rings (SSSR count). The summed E-state index contributed by atoms with van der Waals surface area (Å²) < 4.78 is 46.3. The van der Waals surface area contributed by atoms with E-state index in [0.717, 1.165) is 68.1 Å². The molecule has 0 heterocycles. The number of hydrogen-bond acceptors (Lipinski definition) is 10. The molecule has 2 N–H and O–H groups in total. The summed E-state index contributed by atoms with van der Waals surface area (Å²) in [5, 5.41) is 21.3. The molecule has 47 heavy (non-hydrogen) atoms. The minimum atomic E-state index is -1.21.